The van der Waals surface area contributed by atoms with Gasteiger partial charge in [-0.25, -0.2) is 13.1 Å². The third kappa shape index (κ3) is 5.02. The number of rotatable bonds is 8. The van der Waals surface area contributed by atoms with Crippen LogP contribution in [0.3, 0.4) is 0 Å². The van der Waals surface area contributed by atoms with Crippen molar-refractivity contribution in [2.75, 3.05) is 47.0 Å². The molecule has 0 saturated carbocycles. The smallest absolute Gasteiger partial charge is 0.240 e. The zero-order valence-corrected chi connectivity index (χ0v) is 16.9. The number of hydrogen-bond acceptors (Lipinski definition) is 6. The summed E-state index contributed by atoms with van der Waals surface area (Å²) in [6.45, 7) is 3.07. The van der Waals surface area contributed by atoms with E-state index >= 15 is 0 Å². The van der Waals surface area contributed by atoms with Crippen LogP contribution in [0.15, 0.2) is 53.4 Å². The number of nitrogens with one attached hydrogen (secondary N) is 1. The molecule has 1 heterocycles. The lowest BCUT2D eigenvalue weighted by atomic mass is 10.1. The Morgan fingerprint density at radius 3 is 2.57 bits per heavy atom. The fourth-order valence-electron chi connectivity index (χ4n) is 3.18. The fourth-order valence-corrected chi connectivity index (χ4v) is 4.22. The standard InChI is InChI=1S/C20H26N2O5S/c1-25-18-9-8-17(14-19(18)26-2)28(23,24)21-10-11-22-12-13-27-20(15-22)16-6-4-3-5-7-16/h3-9,14,20-21H,10-13,15H2,1-2H3. The van der Waals surface area contributed by atoms with Crippen LogP contribution in [0, 0.1) is 0 Å². The van der Waals surface area contributed by atoms with Gasteiger partial charge in [0.25, 0.3) is 0 Å². The normalized spacial score (nSPS) is 18.0. The van der Waals surface area contributed by atoms with E-state index in [4.69, 9.17) is 14.2 Å². The SMILES string of the molecule is COc1ccc(S(=O)(=O)NCCN2CCOC(c3ccccc3)C2)cc1OC. The van der Waals surface area contributed by atoms with Crippen molar-refractivity contribution in [3.8, 4) is 11.5 Å². The van der Waals surface area contributed by atoms with Crippen LogP contribution in [0.4, 0.5) is 0 Å². The molecule has 1 unspecified atom stereocenters. The van der Waals surface area contributed by atoms with Crippen LogP contribution >= 0.6 is 0 Å². The van der Waals surface area contributed by atoms with Crippen molar-refractivity contribution in [1.82, 2.24) is 9.62 Å². The molecule has 0 amide bonds. The molecule has 0 spiro atoms. The lowest BCUT2D eigenvalue weighted by Gasteiger charge is -2.33. The molecule has 1 atom stereocenters. The molecule has 28 heavy (non-hydrogen) atoms. The van der Waals surface area contributed by atoms with Crippen molar-refractivity contribution in [3.05, 3.63) is 54.1 Å². The maximum Gasteiger partial charge on any atom is 0.240 e. The quantitative estimate of drug-likeness (QED) is 0.723. The van der Waals surface area contributed by atoms with E-state index in [1.807, 2.05) is 30.3 Å². The molecule has 0 aromatic heterocycles. The Morgan fingerprint density at radius 2 is 1.86 bits per heavy atom. The second kappa shape index (κ2) is 9.38. The molecule has 8 heteroatoms. The lowest BCUT2D eigenvalue weighted by molar-refractivity contribution is -0.0291. The summed E-state index contributed by atoms with van der Waals surface area (Å²) < 4.78 is 44.0. The molecule has 1 saturated heterocycles. The van der Waals surface area contributed by atoms with Crippen LogP contribution in [0.5, 0.6) is 11.5 Å². The molecule has 1 aliphatic heterocycles. The predicted molar refractivity (Wildman–Crippen MR) is 106 cm³/mol. The van der Waals surface area contributed by atoms with Crippen LogP contribution in [-0.2, 0) is 14.8 Å². The minimum atomic E-state index is -3.63. The summed E-state index contributed by atoms with van der Waals surface area (Å²) in [4.78, 5) is 2.35. The second-order valence-electron chi connectivity index (χ2n) is 6.49. The van der Waals surface area contributed by atoms with Crippen LogP contribution < -0.4 is 14.2 Å². The van der Waals surface area contributed by atoms with Gasteiger partial charge in [-0.2, -0.15) is 0 Å². The topological polar surface area (TPSA) is 77.1 Å². The van der Waals surface area contributed by atoms with Gasteiger partial charge in [0.1, 0.15) is 0 Å². The van der Waals surface area contributed by atoms with Gasteiger partial charge < -0.3 is 14.2 Å². The van der Waals surface area contributed by atoms with E-state index in [0.717, 1.165) is 18.7 Å². The van der Waals surface area contributed by atoms with E-state index in [0.29, 0.717) is 31.2 Å². The number of methoxy groups -OCH3 is 2. The Hall–Kier alpha value is -2.13. The number of morpholine rings is 1. The van der Waals surface area contributed by atoms with Crippen molar-refractivity contribution >= 4 is 10.0 Å². The lowest BCUT2D eigenvalue weighted by Crippen LogP contribution is -2.42. The van der Waals surface area contributed by atoms with Gasteiger partial charge in [0, 0.05) is 32.2 Å². The zero-order valence-electron chi connectivity index (χ0n) is 16.1. The van der Waals surface area contributed by atoms with Gasteiger partial charge >= 0.3 is 0 Å². The summed E-state index contributed by atoms with van der Waals surface area (Å²) in [5, 5.41) is 0. The van der Waals surface area contributed by atoms with Crippen molar-refractivity contribution in [2.24, 2.45) is 0 Å². The van der Waals surface area contributed by atoms with Gasteiger partial charge in [0.15, 0.2) is 11.5 Å². The molecular weight excluding hydrogens is 380 g/mol. The number of ether oxygens (including phenoxy) is 3. The van der Waals surface area contributed by atoms with Crippen LogP contribution in [0.2, 0.25) is 0 Å². The summed E-state index contributed by atoms with van der Waals surface area (Å²) in [5.74, 6) is 0.867. The van der Waals surface area contributed by atoms with Crippen LogP contribution in [0.1, 0.15) is 11.7 Å². The van der Waals surface area contributed by atoms with Gasteiger partial charge in [-0.15, -0.1) is 0 Å². The summed E-state index contributed by atoms with van der Waals surface area (Å²) >= 11 is 0. The minimum Gasteiger partial charge on any atom is -0.493 e. The Labute approximate surface area is 166 Å². The second-order valence-corrected chi connectivity index (χ2v) is 8.25. The molecule has 1 aliphatic rings. The average molecular weight is 407 g/mol. The third-order valence-corrected chi connectivity index (χ3v) is 6.17. The molecule has 2 aromatic carbocycles. The van der Waals surface area contributed by atoms with E-state index in [1.165, 1.54) is 26.4 Å². The van der Waals surface area contributed by atoms with E-state index < -0.39 is 10.0 Å². The highest BCUT2D eigenvalue weighted by atomic mass is 32.2. The Morgan fingerprint density at radius 1 is 1.11 bits per heavy atom. The molecular formula is C20H26N2O5S. The highest BCUT2D eigenvalue weighted by molar-refractivity contribution is 7.89. The van der Waals surface area contributed by atoms with E-state index in [-0.39, 0.29) is 11.0 Å². The number of benzene rings is 2. The van der Waals surface area contributed by atoms with Crippen molar-refractivity contribution in [3.63, 3.8) is 0 Å². The maximum atomic E-state index is 12.6. The summed E-state index contributed by atoms with van der Waals surface area (Å²) in [6.07, 6.45) is 0.0115. The van der Waals surface area contributed by atoms with Crippen LogP contribution in [0.25, 0.3) is 0 Å². The molecule has 2 aromatic rings. The number of sulfonamides is 1. The number of nitrogens with zero attached hydrogens (tertiary/aromatic N) is 1. The van der Waals surface area contributed by atoms with Gasteiger partial charge in [0.2, 0.25) is 10.0 Å². The van der Waals surface area contributed by atoms with Crippen LogP contribution in [-0.4, -0.2) is 60.3 Å². The summed E-state index contributed by atoms with van der Waals surface area (Å²) in [5.41, 5.74) is 1.14. The Balaban J connectivity index is 1.56. The Bertz CT molecular complexity index is 873. The highest BCUT2D eigenvalue weighted by Crippen LogP contribution is 2.29. The first-order valence-electron chi connectivity index (χ1n) is 9.14. The molecule has 3 rings (SSSR count). The van der Waals surface area contributed by atoms with Crippen molar-refractivity contribution in [2.45, 2.75) is 11.0 Å². The molecule has 152 valence electrons. The predicted octanol–water partition coefficient (Wildman–Crippen LogP) is 2.06. The fraction of sp³-hybridized carbons (Fsp3) is 0.400. The number of hydrogen-bond donors (Lipinski definition) is 1. The average Bonchev–Trinajstić information content (AvgIpc) is 2.74. The maximum absolute atomic E-state index is 12.6. The van der Waals surface area contributed by atoms with E-state index in [9.17, 15) is 8.42 Å². The van der Waals surface area contributed by atoms with Gasteiger partial charge in [-0.3, -0.25) is 4.90 Å². The van der Waals surface area contributed by atoms with E-state index in [1.54, 1.807) is 6.07 Å². The zero-order chi connectivity index (χ0) is 20.0. The largest absolute Gasteiger partial charge is 0.493 e. The first-order valence-corrected chi connectivity index (χ1v) is 10.6. The molecule has 1 fully saturated rings. The van der Waals surface area contributed by atoms with Crippen molar-refractivity contribution < 1.29 is 22.6 Å². The van der Waals surface area contributed by atoms with Gasteiger partial charge in [-0.1, -0.05) is 30.3 Å². The van der Waals surface area contributed by atoms with Crippen molar-refractivity contribution in [1.29, 1.82) is 0 Å². The highest BCUT2D eigenvalue weighted by Gasteiger charge is 2.22. The first-order chi connectivity index (χ1) is 13.5. The molecule has 0 aliphatic carbocycles. The molecule has 1 N–H and O–H groups in total. The van der Waals surface area contributed by atoms with Gasteiger partial charge in [-0.05, 0) is 17.7 Å². The summed E-state index contributed by atoms with van der Waals surface area (Å²) in [6, 6.07) is 14.6. The first kappa shape index (κ1) is 20.6. The Kier molecular flexibility index (Phi) is 6.90. The van der Waals surface area contributed by atoms with E-state index in [2.05, 4.69) is 9.62 Å². The molecule has 0 radical (unpaired) electrons. The summed E-state index contributed by atoms with van der Waals surface area (Å²) in [7, 11) is -0.643. The monoisotopic (exact) mass is 406 g/mol. The molecule has 0 bridgehead atoms. The minimum absolute atomic E-state index is 0.0115. The van der Waals surface area contributed by atoms with Gasteiger partial charge in [0.05, 0.1) is 31.8 Å². The third-order valence-electron chi connectivity index (χ3n) is 4.71. The molecule has 7 nitrogen and oxygen atoms in total.